The molecule has 4 aromatic rings. The van der Waals surface area contributed by atoms with Crippen LogP contribution in [0.25, 0.3) is 33.7 Å². The van der Waals surface area contributed by atoms with Gasteiger partial charge >= 0.3 is 0 Å². The molecule has 4 heterocycles. The van der Waals surface area contributed by atoms with Gasteiger partial charge in [0.25, 0.3) is 5.91 Å². The minimum absolute atomic E-state index is 0.0927. The van der Waals surface area contributed by atoms with Gasteiger partial charge in [-0.1, -0.05) is 6.07 Å². The molecule has 0 aliphatic carbocycles. The number of methoxy groups -OCH3 is 1. The Morgan fingerprint density at radius 2 is 1.97 bits per heavy atom. The number of benzene rings is 1. The molecule has 9 heteroatoms. The summed E-state index contributed by atoms with van der Waals surface area (Å²) in [5.74, 6) is 1.27. The molecule has 1 saturated heterocycles. The van der Waals surface area contributed by atoms with Gasteiger partial charge < -0.3 is 18.8 Å². The Morgan fingerprint density at radius 1 is 1.17 bits per heavy atom. The van der Waals surface area contributed by atoms with Gasteiger partial charge in [0.05, 0.1) is 18.2 Å². The molecule has 3 aromatic heterocycles. The van der Waals surface area contributed by atoms with E-state index in [2.05, 4.69) is 20.9 Å². The van der Waals surface area contributed by atoms with Crippen molar-refractivity contribution < 1.29 is 18.7 Å². The molecule has 0 saturated carbocycles. The lowest BCUT2D eigenvalue weighted by Crippen LogP contribution is -2.51. The Hall–Kier alpha value is -4.42. The predicted molar refractivity (Wildman–Crippen MR) is 134 cm³/mol. The van der Waals surface area contributed by atoms with Crippen LogP contribution in [0.15, 0.2) is 53.2 Å². The molecule has 0 unspecified atom stereocenters. The van der Waals surface area contributed by atoms with Crippen LogP contribution in [0.4, 0.5) is 0 Å². The number of likely N-dealkylation sites (N-methyl/N-ethyl adjacent to an activating group) is 1. The molecular formula is C27H25N5O4. The first-order valence-electron chi connectivity index (χ1n) is 11.4. The highest BCUT2D eigenvalue weighted by molar-refractivity contribution is 5.95. The van der Waals surface area contributed by atoms with Gasteiger partial charge in [0.1, 0.15) is 34.9 Å². The number of aromatic nitrogens is 2. The number of likely N-dealkylation sites (tertiary alicyclic amines) is 1. The summed E-state index contributed by atoms with van der Waals surface area (Å²) in [5.41, 5.74) is 4.13. The van der Waals surface area contributed by atoms with E-state index >= 15 is 0 Å². The van der Waals surface area contributed by atoms with E-state index in [9.17, 15) is 10.1 Å². The molecule has 0 bridgehead atoms. The summed E-state index contributed by atoms with van der Waals surface area (Å²) in [6.07, 6.45) is 3.29. The number of carbonyl (C=O) groups excluding carboxylic acids is 1. The number of rotatable bonds is 6. The predicted octanol–water partition coefficient (Wildman–Crippen LogP) is 3.83. The quantitative estimate of drug-likeness (QED) is 0.408. The molecule has 0 radical (unpaired) electrons. The zero-order valence-corrected chi connectivity index (χ0v) is 20.5. The number of pyridine rings is 2. The lowest BCUT2D eigenvalue weighted by atomic mass is 10.0. The van der Waals surface area contributed by atoms with Crippen LogP contribution in [0, 0.1) is 11.3 Å². The number of nitriles is 1. The topological polar surface area (TPSA) is 105 Å². The molecule has 5 rings (SSSR count). The maximum atomic E-state index is 12.3. The smallest absolute Gasteiger partial charge is 0.255 e. The number of nitrogens with zero attached hydrogens (tertiary/aromatic N) is 5. The van der Waals surface area contributed by atoms with E-state index in [0.29, 0.717) is 45.2 Å². The Balaban J connectivity index is 1.52. The van der Waals surface area contributed by atoms with Crippen LogP contribution >= 0.6 is 0 Å². The molecule has 1 aliphatic heterocycles. The van der Waals surface area contributed by atoms with Crippen molar-refractivity contribution in [2.24, 2.45) is 0 Å². The second-order valence-corrected chi connectivity index (χ2v) is 8.94. The third kappa shape index (κ3) is 4.23. The fraction of sp³-hybridized carbons (Fsp3) is 0.259. The van der Waals surface area contributed by atoms with Gasteiger partial charge in [-0.3, -0.25) is 14.7 Å². The number of furan rings is 1. The maximum absolute atomic E-state index is 12.3. The van der Waals surface area contributed by atoms with Gasteiger partial charge in [0.2, 0.25) is 0 Å². The second kappa shape index (κ2) is 9.32. The molecule has 36 heavy (non-hydrogen) atoms. The van der Waals surface area contributed by atoms with Gasteiger partial charge in [-0.2, -0.15) is 5.26 Å². The number of amides is 1. The van der Waals surface area contributed by atoms with Gasteiger partial charge in [-0.05, 0) is 36.9 Å². The van der Waals surface area contributed by atoms with Crippen molar-refractivity contribution >= 4 is 17.0 Å². The summed E-state index contributed by atoms with van der Waals surface area (Å²) in [6.45, 7) is 1.68. The van der Waals surface area contributed by atoms with Crippen LogP contribution in [0.2, 0.25) is 0 Å². The Bertz CT molecular complexity index is 1500. The standard InChI is InChI=1S/C27H25N5O4/c1-31(2)27(33)18-10-23(34-4)25(30-13-18)24-11-21-26(36-24)20(7-8-29-21)16-5-6-22(17(9-16)12-28)35-19-14-32(3)15-19/h5-11,13,19H,14-15H2,1-4H3. The SMILES string of the molecule is COc1cc(C(=O)N(C)C)cnc1-c1cc2nccc(-c3ccc(OC4CN(C)C4)c(C#N)c3)c2o1. The molecule has 1 fully saturated rings. The summed E-state index contributed by atoms with van der Waals surface area (Å²) in [7, 11) is 6.91. The highest BCUT2D eigenvalue weighted by Crippen LogP contribution is 2.37. The lowest BCUT2D eigenvalue weighted by molar-refractivity contribution is 0.0386. The van der Waals surface area contributed by atoms with Crippen LogP contribution in [-0.2, 0) is 0 Å². The van der Waals surface area contributed by atoms with E-state index in [1.165, 1.54) is 18.2 Å². The van der Waals surface area contributed by atoms with Crippen molar-refractivity contribution in [2.45, 2.75) is 6.10 Å². The molecule has 1 aliphatic rings. The van der Waals surface area contributed by atoms with Crippen LogP contribution in [-0.4, -0.2) is 73.1 Å². The van der Waals surface area contributed by atoms with Crippen molar-refractivity contribution in [3.05, 3.63) is 59.9 Å². The van der Waals surface area contributed by atoms with Crippen LogP contribution in [0.1, 0.15) is 15.9 Å². The number of fused-ring (bicyclic) bond motifs is 1. The Labute approximate surface area is 208 Å². The van der Waals surface area contributed by atoms with Crippen LogP contribution < -0.4 is 9.47 Å². The number of hydrogen-bond donors (Lipinski definition) is 0. The summed E-state index contributed by atoms with van der Waals surface area (Å²) in [6, 6.07) is 13.1. The molecule has 0 spiro atoms. The number of ether oxygens (including phenoxy) is 2. The van der Waals surface area contributed by atoms with Crippen molar-refractivity contribution in [1.82, 2.24) is 19.8 Å². The van der Waals surface area contributed by atoms with E-state index < -0.39 is 0 Å². The Morgan fingerprint density at radius 3 is 2.67 bits per heavy atom. The zero-order valence-electron chi connectivity index (χ0n) is 20.5. The third-order valence-electron chi connectivity index (χ3n) is 6.11. The Kier molecular flexibility index (Phi) is 6.04. The zero-order chi connectivity index (χ0) is 25.4. The third-order valence-corrected chi connectivity index (χ3v) is 6.11. The molecule has 0 N–H and O–H groups in total. The van der Waals surface area contributed by atoms with E-state index in [-0.39, 0.29) is 12.0 Å². The van der Waals surface area contributed by atoms with E-state index in [1.807, 2.05) is 25.2 Å². The van der Waals surface area contributed by atoms with E-state index in [4.69, 9.17) is 13.9 Å². The first-order chi connectivity index (χ1) is 17.4. The summed E-state index contributed by atoms with van der Waals surface area (Å²) in [5, 5.41) is 9.74. The molecule has 1 amide bonds. The fourth-order valence-corrected chi connectivity index (χ4v) is 4.23. The van der Waals surface area contributed by atoms with Crippen LogP contribution in [0.3, 0.4) is 0 Å². The lowest BCUT2D eigenvalue weighted by Gasteiger charge is -2.36. The summed E-state index contributed by atoms with van der Waals surface area (Å²) >= 11 is 0. The molecule has 1 aromatic carbocycles. The van der Waals surface area contributed by atoms with Crippen molar-refractivity contribution in [3.63, 3.8) is 0 Å². The van der Waals surface area contributed by atoms with Gasteiger partial charge in [0.15, 0.2) is 11.3 Å². The van der Waals surface area contributed by atoms with Gasteiger partial charge in [-0.25, -0.2) is 4.98 Å². The van der Waals surface area contributed by atoms with E-state index in [0.717, 1.165) is 24.2 Å². The van der Waals surface area contributed by atoms with Crippen molar-refractivity contribution in [1.29, 1.82) is 5.26 Å². The van der Waals surface area contributed by atoms with Crippen LogP contribution in [0.5, 0.6) is 11.5 Å². The molecule has 182 valence electrons. The highest BCUT2D eigenvalue weighted by Gasteiger charge is 2.26. The van der Waals surface area contributed by atoms with Gasteiger partial charge in [0, 0.05) is 51.2 Å². The van der Waals surface area contributed by atoms with Crippen molar-refractivity contribution in [3.8, 4) is 40.1 Å². The van der Waals surface area contributed by atoms with Crippen molar-refractivity contribution in [2.75, 3.05) is 41.3 Å². The number of carbonyl (C=O) groups is 1. The van der Waals surface area contributed by atoms with Gasteiger partial charge in [-0.15, -0.1) is 0 Å². The second-order valence-electron chi connectivity index (χ2n) is 8.94. The first kappa shape index (κ1) is 23.3. The average Bonchev–Trinajstić information content (AvgIpc) is 3.31. The molecule has 9 nitrogen and oxygen atoms in total. The summed E-state index contributed by atoms with van der Waals surface area (Å²) < 4.78 is 17.7. The number of hydrogen-bond acceptors (Lipinski definition) is 8. The fourth-order valence-electron chi connectivity index (χ4n) is 4.23. The largest absolute Gasteiger partial charge is 0.494 e. The monoisotopic (exact) mass is 483 g/mol. The normalized spacial score (nSPS) is 13.8. The first-order valence-corrected chi connectivity index (χ1v) is 11.4. The summed E-state index contributed by atoms with van der Waals surface area (Å²) in [4.78, 5) is 24.9. The molecular weight excluding hydrogens is 458 g/mol. The minimum Gasteiger partial charge on any atom is -0.494 e. The van der Waals surface area contributed by atoms with E-state index in [1.54, 1.807) is 38.5 Å². The molecule has 0 atom stereocenters. The highest BCUT2D eigenvalue weighted by atomic mass is 16.5. The average molecular weight is 484 g/mol. The maximum Gasteiger partial charge on any atom is 0.255 e. The minimum atomic E-state index is -0.175.